The van der Waals surface area contributed by atoms with E-state index in [9.17, 15) is 18.3 Å². The minimum Gasteiger partial charge on any atom is -0.374 e. The van der Waals surface area contributed by atoms with Gasteiger partial charge in [0.15, 0.2) is 5.96 Å². The van der Waals surface area contributed by atoms with Crippen LogP contribution in [0.1, 0.15) is 59.7 Å². The van der Waals surface area contributed by atoms with E-state index in [0.29, 0.717) is 12.5 Å². The second-order valence-corrected chi connectivity index (χ2v) is 8.38. The van der Waals surface area contributed by atoms with Gasteiger partial charge in [0.05, 0.1) is 0 Å². The second kappa shape index (κ2) is 9.62. The molecule has 0 bridgehead atoms. The van der Waals surface area contributed by atoms with E-state index in [0.717, 1.165) is 12.8 Å². The van der Waals surface area contributed by atoms with E-state index in [1.165, 1.54) is 24.0 Å². The van der Waals surface area contributed by atoms with Gasteiger partial charge in [-0.25, -0.2) is 4.98 Å². The van der Waals surface area contributed by atoms with Gasteiger partial charge in [-0.15, -0.1) is 0 Å². The molecule has 0 spiro atoms. The first-order chi connectivity index (χ1) is 12.8. The monoisotopic (exact) mass is 405 g/mol. The van der Waals surface area contributed by atoms with Crippen LogP contribution in [0.25, 0.3) is 0 Å². The Morgan fingerprint density at radius 2 is 1.93 bits per heavy atom. The molecule has 0 saturated heterocycles. The van der Waals surface area contributed by atoms with Gasteiger partial charge in [-0.2, -0.15) is 13.2 Å². The molecule has 9 heteroatoms. The number of guanidine groups is 1. The largest absolute Gasteiger partial charge is 0.424 e. The van der Waals surface area contributed by atoms with Crippen LogP contribution in [0.4, 0.5) is 13.2 Å². The molecular weight excluding hydrogens is 371 g/mol. The third-order valence-electron chi connectivity index (χ3n) is 4.46. The molecule has 0 aromatic carbocycles. The molecule has 1 aromatic heterocycles. The molecule has 2 unspecified atom stereocenters. The first-order valence-electron chi connectivity index (χ1n) is 9.62. The zero-order valence-corrected chi connectivity index (χ0v) is 17.7. The number of hydrogen-bond acceptors (Lipinski definition) is 3. The Morgan fingerprint density at radius 1 is 1.29 bits per heavy atom. The molecule has 6 nitrogen and oxygen atoms in total. The van der Waals surface area contributed by atoms with Crippen LogP contribution < -0.4 is 10.6 Å². The van der Waals surface area contributed by atoms with Gasteiger partial charge >= 0.3 is 6.18 Å². The van der Waals surface area contributed by atoms with Gasteiger partial charge < -0.3 is 20.3 Å². The Kier molecular flexibility index (Phi) is 8.34. The number of aromatic nitrogens is 2. The van der Waals surface area contributed by atoms with Gasteiger partial charge in [0.25, 0.3) is 0 Å². The second-order valence-electron chi connectivity index (χ2n) is 8.38. The summed E-state index contributed by atoms with van der Waals surface area (Å²) >= 11 is 0. The summed E-state index contributed by atoms with van der Waals surface area (Å²) in [5, 5.41) is 16.6. The number of imidazole rings is 1. The summed E-state index contributed by atoms with van der Waals surface area (Å²) in [6.07, 6.45) is -0.946. The SMILES string of the molecule is CCNC(=NCCC(O)(c1nccn1C)C(F)(F)F)NC(C)CCC(C)(C)C. The van der Waals surface area contributed by atoms with Crippen molar-refractivity contribution in [1.82, 2.24) is 20.2 Å². The van der Waals surface area contributed by atoms with Gasteiger partial charge in [0.1, 0.15) is 5.82 Å². The van der Waals surface area contributed by atoms with E-state index < -0.39 is 24.0 Å². The highest BCUT2D eigenvalue weighted by Crippen LogP contribution is 2.40. The highest BCUT2D eigenvalue weighted by atomic mass is 19.4. The standard InChI is InChI=1S/C19H34F3N5O/c1-7-23-16(26-14(2)8-9-17(3,4)5)25-11-10-18(28,19(20,21)22)15-24-12-13-27(15)6/h12-14,28H,7-11H2,1-6H3,(H2,23,25,26). The molecule has 0 aliphatic heterocycles. The van der Waals surface area contributed by atoms with E-state index in [1.807, 2.05) is 13.8 Å². The van der Waals surface area contributed by atoms with Crippen LogP contribution in [0, 0.1) is 5.41 Å². The number of nitrogens with zero attached hydrogens (tertiary/aromatic N) is 3. The van der Waals surface area contributed by atoms with Crippen molar-refractivity contribution in [3.8, 4) is 0 Å². The lowest BCUT2D eigenvalue weighted by Crippen LogP contribution is -2.46. The molecule has 0 radical (unpaired) electrons. The zero-order valence-electron chi connectivity index (χ0n) is 17.7. The lowest BCUT2D eigenvalue weighted by atomic mass is 9.89. The molecule has 0 fully saturated rings. The van der Waals surface area contributed by atoms with E-state index >= 15 is 0 Å². The lowest BCUT2D eigenvalue weighted by Gasteiger charge is -2.29. The first-order valence-corrected chi connectivity index (χ1v) is 9.62. The normalized spacial score (nSPS) is 16.6. The van der Waals surface area contributed by atoms with Crippen molar-refractivity contribution in [3.63, 3.8) is 0 Å². The first kappa shape index (κ1) is 24.3. The Bertz CT molecular complexity index is 636. The van der Waals surface area contributed by atoms with Gasteiger partial charge in [-0.1, -0.05) is 20.8 Å². The van der Waals surface area contributed by atoms with Gasteiger partial charge in [0.2, 0.25) is 5.60 Å². The van der Waals surface area contributed by atoms with Crippen molar-refractivity contribution in [2.75, 3.05) is 13.1 Å². The summed E-state index contributed by atoms with van der Waals surface area (Å²) < 4.78 is 41.9. The third kappa shape index (κ3) is 7.00. The smallest absolute Gasteiger partial charge is 0.374 e. The molecule has 0 aliphatic rings. The van der Waals surface area contributed by atoms with Crippen molar-refractivity contribution >= 4 is 5.96 Å². The van der Waals surface area contributed by atoms with Gasteiger partial charge in [-0.3, -0.25) is 4.99 Å². The van der Waals surface area contributed by atoms with E-state index in [4.69, 9.17) is 0 Å². The molecule has 1 heterocycles. The quantitative estimate of drug-likeness (QED) is 0.458. The van der Waals surface area contributed by atoms with E-state index in [1.54, 1.807) is 0 Å². The summed E-state index contributed by atoms with van der Waals surface area (Å²) in [7, 11) is 1.42. The average molecular weight is 406 g/mol. The predicted molar refractivity (Wildman–Crippen MR) is 105 cm³/mol. The highest BCUT2D eigenvalue weighted by Gasteiger charge is 2.57. The van der Waals surface area contributed by atoms with E-state index in [2.05, 4.69) is 41.4 Å². The molecule has 1 aromatic rings. The van der Waals surface area contributed by atoms with Crippen LogP contribution in [-0.2, 0) is 12.6 Å². The van der Waals surface area contributed by atoms with Gasteiger partial charge in [-0.05, 0) is 32.1 Å². The van der Waals surface area contributed by atoms with Crippen LogP contribution in [0.5, 0.6) is 0 Å². The molecular formula is C19H34F3N5O. The minimum atomic E-state index is -4.85. The number of alkyl halides is 3. The highest BCUT2D eigenvalue weighted by molar-refractivity contribution is 5.80. The molecule has 3 N–H and O–H groups in total. The molecule has 2 atom stereocenters. The maximum absolute atomic E-state index is 13.6. The lowest BCUT2D eigenvalue weighted by molar-refractivity contribution is -0.272. The Morgan fingerprint density at radius 3 is 2.39 bits per heavy atom. The Hall–Kier alpha value is -1.77. The fourth-order valence-electron chi connectivity index (χ4n) is 2.75. The van der Waals surface area contributed by atoms with Crippen molar-refractivity contribution in [2.24, 2.45) is 17.5 Å². The molecule has 0 amide bonds. The number of halogens is 3. The van der Waals surface area contributed by atoms with Gasteiger partial charge in [0, 0.05) is 45.0 Å². The summed E-state index contributed by atoms with van der Waals surface area (Å²) in [6, 6.07) is 0.119. The van der Waals surface area contributed by atoms with Crippen LogP contribution >= 0.6 is 0 Å². The predicted octanol–water partition coefficient (Wildman–Crippen LogP) is 3.33. The topological polar surface area (TPSA) is 74.5 Å². The number of rotatable bonds is 8. The van der Waals surface area contributed by atoms with Crippen molar-refractivity contribution in [3.05, 3.63) is 18.2 Å². The van der Waals surface area contributed by atoms with Crippen LogP contribution in [0.2, 0.25) is 0 Å². The van der Waals surface area contributed by atoms with Crippen LogP contribution in [0.15, 0.2) is 17.4 Å². The minimum absolute atomic E-state index is 0.119. The third-order valence-corrected chi connectivity index (χ3v) is 4.46. The van der Waals surface area contributed by atoms with Crippen LogP contribution in [-0.4, -0.2) is 45.9 Å². The number of aryl methyl sites for hydroxylation is 1. The fourth-order valence-corrected chi connectivity index (χ4v) is 2.75. The maximum Gasteiger partial charge on any atom is 0.424 e. The molecule has 28 heavy (non-hydrogen) atoms. The van der Waals surface area contributed by atoms with E-state index in [-0.39, 0.29) is 18.0 Å². The van der Waals surface area contributed by atoms with Crippen LogP contribution in [0.3, 0.4) is 0 Å². The zero-order chi connectivity index (χ0) is 21.6. The molecule has 1 rings (SSSR count). The number of aliphatic imine (C=N–C) groups is 1. The Labute approximate surface area is 165 Å². The fraction of sp³-hybridized carbons (Fsp3) is 0.789. The molecule has 162 valence electrons. The van der Waals surface area contributed by atoms with Crippen molar-refractivity contribution in [2.45, 2.75) is 71.7 Å². The summed E-state index contributed by atoms with van der Waals surface area (Å²) in [6.45, 7) is 10.8. The molecule has 0 saturated carbocycles. The Balaban J connectivity index is 2.84. The summed E-state index contributed by atoms with van der Waals surface area (Å²) in [5.41, 5.74) is -2.85. The number of aliphatic hydroxyl groups is 1. The summed E-state index contributed by atoms with van der Waals surface area (Å²) in [5.74, 6) is -0.0000193. The maximum atomic E-state index is 13.6. The molecule has 0 aliphatic carbocycles. The number of hydrogen-bond donors (Lipinski definition) is 3. The number of nitrogens with one attached hydrogen (secondary N) is 2. The van der Waals surface area contributed by atoms with Crippen molar-refractivity contribution < 1.29 is 18.3 Å². The average Bonchev–Trinajstić information content (AvgIpc) is 2.97. The summed E-state index contributed by atoms with van der Waals surface area (Å²) in [4.78, 5) is 7.93. The van der Waals surface area contributed by atoms with Crippen molar-refractivity contribution in [1.29, 1.82) is 0 Å².